The number of carbonyl (C=O) groups is 1. The van der Waals surface area contributed by atoms with E-state index in [2.05, 4.69) is 5.32 Å². The molecule has 0 bridgehead atoms. The molecule has 0 aliphatic carbocycles. The van der Waals surface area contributed by atoms with Crippen LogP contribution in [-0.4, -0.2) is 23.7 Å². The molecule has 1 rings (SSSR count). The van der Waals surface area contributed by atoms with Crippen LogP contribution in [0.3, 0.4) is 0 Å². The fourth-order valence-corrected chi connectivity index (χ4v) is 1.22. The first kappa shape index (κ1) is 11.7. The molecule has 1 amide bonds. The molecule has 1 aromatic rings. The van der Waals surface area contributed by atoms with Crippen molar-refractivity contribution >= 4 is 5.91 Å². The highest BCUT2D eigenvalue weighted by Gasteiger charge is 2.15. The number of rotatable bonds is 4. The minimum atomic E-state index is -0.567. The van der Waals surface area contributed by atoms with Crippen LogP contribution in [0.25, 0.3) is 0 Å². The number of hydrogen-bond donors (Lipinski definition) is 3. The van der Waals surface area contributed by atoms with Gasteiger partial charge in [0, 0.05) is 0 Å². The van der Waals surface area contributed by atoms with Crippen molar-refractivity contribution < 1.29 is 9.90 Å². The Morgan fingerprint density at radius 2 is 2.07 bits per heavy atom. The summed E-state index contributed by atoms with van der Waals surface area (Å²) >= 11 is 0. The lowest BCUT2D eigenvalue weighted by Gasteiger charge is -2.17. The largest absolute Gasteiger partial charge is 0.394 e. The maximum atomic E-state index is 11.3. The molecule has 0 heterocycles. The van der Waals surface area contributed by atoms with Gasteiger partial charge < -0.3 is 16.2 Å². The molecule has 0 spiro atoms. The van der Waals surface area contributed by atoms with Gasteiger partial charge in [0.1, 0.15) is 0 Å². The summed E-state index contributed by atoms with van der Waals surface area (Å²) in [6, 6.07) is 8.34. The summed E-state index contributed by atoms with van der Waals surface area (Å²) in [6.45, 7) is 1.47. The number of amides is 1. The van der Waals surface area contributed by atoms with Gasteiger partial charge >= 0.3 is 0 Å². The van der Waals surface area contributed by atoms with Gasteiger partial charge in [-0.1, -0.05) is 30.3 Å². The molecule has 2 atom stereocenters. The number of carbonyl (C=O) groups excluding carboxylic acids is 1. The van der Waals surface area contributed by atoms with E-state index in [1.54, 1.807) is 6.92 Å². The Morgan fingerprint density at radius 3 is 2.53 bits per heavy atom. The van der Waals surface area contributed by atoms with Crippen LogP contribution < -0.4 is 11.1 Å². The molecule has 0 saturated heterocycles. The van der Waals surface area contributed by atoms with Crippen molar-refractivity contribution in [2.75, 3.05) is 6.61 Å². The van der Waals surface area contributed by atoms with E-state index in [1.165, 1.54) is 0 Å². The van der Waals surface area contributed by atoms with E-state index < -0.39 is 6.04 Å². The molecular formula is C11H16N2O2. The minimum absolute atomic E-state index is 0.136. The highest BCUT2D eigenvalue weighted by Crippen LogP contribution is 2.11. The van der Waals surface area contributed by atoms with Gasteiger partial charge in [-0.15, -0.1) is 0 Å². The molecule has 4 N–H and O–H groups in total. The Labute approximate surface area is 89.1 Å². The Balaban J connectivity index is 2.69. The summed E-state index contributed by atoms with van der Waals surface area (Å²) in [4.78, 5) is 11.3. The van der Waals surface area contributed by atoms with Crippen molar-refractivity contribution in [1.82, 2.24) is 5.32 Å². The van der Waals surface area contributed by atoms with Gasteiger partial charge in [-0.3, -0.25) is 4.79 Å². The summed E-state index contributed by atoms with van der Waals surface area (Å²) in [6.07, 6.45) is 0. The van der Waals surface area contributed by atoms with Gasteiger partial charge in [-0.25, -0.2) is 0 Å². The fourth-order valence-electron chi connectivity index (χ4n) is 1.22. The molecular weight excluding hydrogens is 192 g/mol. The molecule has 0 aliphatic heterocycles. The van der Waals surface area contributed by atoms with Crippen molar-refractivity contribution in [2.24, 2.45) is 5.73 Å². The quantitative estimate of drug-likeness (QED) is 0.661. The number of aliphatic hydroxyl groups is 1. The van der Waals surface area contributed by atoms with E-state index in [0.29, 0.717) is 0 Å². The van der Waals surface area contributed by atoms with Crippen molar-refractivity contribution in [2.45, 2.75) is 19.0 Å². The summed E-state index contributed by atoms with van der Waals surface area (Å²) in [5.74, 6) is -0.266. The lowest BCUT2D eigenvalue weighted by Crippen LogP contribution is -2.41. The molecule has 15 heavy (non-hydrogen) atoms. The van der Waals surface area contributed by atoms with Gasteiger partial charge in [-0.2, -0.15) is 0 Å². The third-order valence-electron chi connectivity index (χ3n) is 2.11. The van der Waals surface area contributed by atoms with E-state index in [0.717, 1.165) is 5.56 Å². The monoisotopic (exact) mass is 208 g/mol. The molecule has 0 aromatic heterocycles. The Hall–Kier alpha value is -1.39. The van der Waals surface area contributed by atoms with Crippen LogP contribution in [0.1, 0.15) is 18.5 Å². The fraction of sp³-hybridized carbons (Fsp3) is 0.364. The van der Waals surface area contributed by atoms with Crippen molar-refractivity contribution in [3.63, 3.8) is 0 Å². The number of nitrogens with two attached hydrogens (primary N) is 1. The lowest BCUT2D eigenvalue weighted by atomic mass is 10.1. The zero-order chi connectivity index (χ0) is 11.3. The Morgan fingerprint density at radius 1 is 1.47 bits per heavy atom. The summed E-state index contributed by atoms with van der Waals surface area (Å²) in [7, 11) is 0. The summed E-state index contributed by atoms with van der Waals surface area (Å²) in [5, 5.41) is 11.8. The molecule has 0 saturated carbocycles. The molecule has 1 aromatic carbocycles. The van der Waals surface area contributed by atoms with Crippen LogP contribution in [0.4, 0.5) is 0 Å². The molecule has 2 unspecified atom stereocenters. The first-order valence-corrected chi connectivity index (χ1v) is 4.87. The molecule has 0 fully saturated rings. The summed E-state index contributed by atoms with van der Waals surface area (Å²) in [5.41, 5.74) is 6.29. The zero-order valence-corrected chi connectivity index (χ0v) is 8.68. The normalized spacial score (nSPS) is 14.3. The Bertz CT molecular complexity index is 312. The number of nitrogens with one attached hydrogen (secondary N) is 1. The number of hydrogen-bond acceptors (Lipinski definition) is 3. The van der Waals surface area contributed by atoms with E-state index in [1.807, 2.05) is 30.3 Å². The van der Waals surface area contributed by atoms with Crippen molar-refractivity contribution in [1.29, 1.82) is 0 Å². The topological polar surface area (TPSA) is 75.4 Å². The molecule has 0 aliphatic rings. The van der Waals surface area contributed by atoms with E-state index >= 15 is 0 Å². The van der Waals surface area contributed by atoms with Crippen LogP contribution in [0, 0.1) is 0 Å². The highest BCUT2D eigenvalue weighted by molar-refractivity contribution is 5.81. The third kappa shape index (κ3) is 3.34. The van der Waals surface area contributed by atoms with Crippen molar-refractivity contribution in [3.8, 4) is 0 Å². The van der Waals surface area contributed by atoms with Crippen LogP contribution in [-0.2, 0) is 4.79 Å². The predicted octanol–water partition coefficient (Wildman–Crippen LogP) is 0.183. The standard InChI is InChI=1S/C11H16N2O2/c1-8(12)11(15)13-10(7-14)9-5-3-2-4-6-9/h2-6,8,10,14H,7,12H2,1H3,(H,13,15). The average molecular weight is 208 g/mol. The smallest absolute Gasteiger partial charge is 0.237 e. The van der Waals surface area contributed by atoms with E-state index in [4.69, 9.17) is 10.8 Å². The zero-order valence-electron chi connectivity index (χ0n) is 8.68. The molecule has 0 radical (unpaired) electrons. The number of aliphatic hydroxyl groups excluding tert-OH is 1. The molecule has 4 nitrogen and oxygen atoms in total. The van der Waals surface area contributed by atoms with E-state index in [-0.39, 0.29) is 18.6 Å². The SMILES string of the molecule is CC(N)C(=O)NC(CO)c1ccccc1. The molecule has 82 valence electrons. The van der Waals surface area contributed by atoms with Gasteiger partial charge in [0.2, 0.25) is 5.91 Å². The van der Waals surface area contributed by atoms with Gasteiger partial charge in [0.25, 0.3) is 0 Å². The second-order valence-electron chi connectivity index (χ2n) is 3.44. The van der Waals surface area contributed by atoms with Crippen LogP contribution in [0.2, 0.25) is 0 Å². The van der Waals surface area contributed by atoms with Gasteiger partial charge in [-0.05, 0) is 12.5 Å². The summed E-state index contributed by atoms with van der Waals surface area (Å²) < 4.78 is 0. The predicted molar refractivity (Wildman–Crippen MR) is 58.1 cm³/mol. The maximum absolute atomic E-state index is 11.3. The van der Waals surface area contributed by atoms with Crippen LogP contribution in [0.5, 0.6) is 0 Å². The van der Waals surface area contributed by atoms with Gasteiger partial charge in [0.05, 0.1) is 18.7 Å². The second kappa shape index (κ2) is 5.48. The maximum Gasteiger partial charge on any atom is 0.237 e. The third-order valence-corrected chi connectivity index (χ3v) is 2.11. The van der Waals surface area contributed by atoms with E-state index in [9.17, 15) is 4.79 Å². The van der Waals surface area contributed by atoms with Gasteiger partial charge in [0.15, 0.2) is 0 Å². The average Bonchev–Trinajstić information content (AvgIpc) is 2.26. The first-order valence-electron chi connectivity index (χ1n) is 4.87. The second-order valence-corrected chi connectivity index (χ2v) is 3.44. The number of benzene rings is 1. The minimum Gasteiger partial charge on any atom is -0.394 e. The first-order chi connectivity index (χ1) is 7.15. The Kier molecular flexibility index (Phi) is 4.27. The van der Waals surface area contributed by atoms with Crippen LogP contribution in [0.15, 0.2) is 30.3 Å². The van der Waals surface area contributed by atoms with Crippen molar-refractivity contribution in [3.05, 3.63) is 35.9 Å². The highest BCUT2D eigenvalue weighted by atomic mass is 16.3. The molecule has 4 heteroatoms. The van der Waals surface area contributed by atoms with Crippen LogP contribution >= 0.6 is 0 Å². The lowest BCUT2D eigenvalue weighted by molar-refractivity contribution is -0.123.